The molecule has 0 aromatic carbocycles. The number of hydrogen-bond donors (Lipinski definition) is 3. The van der Waals surface area contributed by atoms with Crippen LogP contribution in [0, 0.1) is 0 Å². The molecule has 0 aliphatic heterocycles. The van der Waals surface area contributed by atoms with Gasteiger partial charge in [-0.2, -0.15) is 0 Å². The van der Waals surface area contributed by atoms with Gasteiger partial charge in [-0.3, -0.25) is 4.79 Å². The Morgan fingerprint density at radius 1 is 1.64 bits per heavy atom. The average molecular weight is 194 g/mol. The van der Waals surface area contributed by atoms with E-state index in [-0.39, 0.29) is 5.91 Å². The zero-order chi connectivity index (χ0) is 8.53. The van der Waals surface area contributed by atoms with E-state index in [1.165, 1.54) is 10.8 Å². The predicted molar refractivity (Wildman–Crippen MR) is 52.7 cm³/mol. The molecule has 0 radical (unpaired) electrons. The molecule has 0 bridgehead atoms. The monoisotopic (exact) mass is 194 g/mol. The molecule has 1 amide bonds. The van der Waals surface area contributed by atoms with Crippen LogP contribution in [0.4, 0.5) is 0 Å². The van der Waals surface area contributed by atoms with Crippen molar-refractivity contribution in [3.63, 3.8) is 0 Å². The highest BCUT2D eigenvalue weighted by Gasteiger charge is 1.97. The molecule has 0 aliphatic rings. The number of nitrogens with two attached hydrogens (primary N) is 1. The van der Waals surface area contributed by atoms with Crippen molar-refractivity contribution in [3.8, 4) is 0 Å². The molecule has 66 valence electrons. The molecule has 0 aromatic rings. The number of carbonyl (C=O) groups excluding carboxylic acids is 1. The van der Waals surface area contributed by atoms with E-state index in [0.717, 1.165) is 12.2 Å². The van der Waals surface area contributed by atoms with Gasteiger partial charge in [0.05, 0.1) is 0 Å². The van der Waals surface area contributed by atoms with Crippen LogP contribution in [0.1, 0.15) is 12.8 Å². The molecule has 0 saturated carbocycles. The minimum absolute atomic E-state index is 0.0813. The van der Waals surface area contributed by atoms with Gasteiger partial charge in [-0.05, 0) is 6.42 Å². The average Bonchev–Trinajstić information content (AvgIpc) is 2.01. The topological polar surface area (TPSA) is 55.1 Å². The van der Waals surface area contributed by atoms with Gasteiger partial charge in [0.1, 0.15) is 0 Å². The summed E-state index contributed by atoms with van der Waals surface area (Å²) in [6.07, 6.45) is 1.46. The van der Waals surface area contributed by atoms with Crippen molar-refractivity contribution < 1.29 is 4.79 Å². The largest absolute Gasteiger partial charge is 0.355 e. The molecule has 3 N–H and O–H groups in total. The first-order chi connectivity index (χ1) is 5.31. The van der Waals surface area contributed by atoms with E-state index < -0.39 is 0 Å². The second kappa shape index (κ2) is 8.23. The van der Waals surface area contributed by atoms with Crippen LogP contribution in [0.5, 0.6) is 0 Å². The molecule has 5 heteroatoms. The molecule has 0 rings (SSSR count). The first-order valence-corrected chi connectivity index (χ1v) is 5.58. The van der Waals surface area contributed by atoms with Crippen molar-refractivity contribution in [2.24, 2.45) is 5.73 Å². The Morgan fingerprint density at radius 3 is 2.91 bits per heavy atom. The third-order valence-electron chi connectivity index (χ3n) is 1.11. The van der Waals surface area contributed by atoms with Gasteiger partial charge in [0.2, 0.25) is 5.91 Å². The van der Waals surface area contributed by atoms with Crippen LogP contribution in [0.25, 0.3) is 0 Å². The summed E-state index contributed by atoms with van der Waals surface area (Å²) in [7, 11) is 1.46. The van der Waals surface area contributed by atoms with Gasteiger partial charge >= 0.3 is 0 Å². The zero-order valence-electron chi connectivity index (χ0n) is 6.38. The lowest BCUT2D eigenvalue weighted by Gasteiger charge is -2.01. The van der Waals surface area contributed by atoms with Crippen LogP contribution in [-0.4, -0.2) is 24.7 Å². The minimum Gasteiger partial charge on any atom is -0.355 e. The van der Waals surface area contributed by atoms with E-state index in [4.69, 9.17) is 5.73 Å². The lowest BCUT2D eigenvalue weighted by atomic mass is 10.3. The molecule has 0 saturated heterocycles. The third-order valence-corrected chi connectivity index (χ3v) is 2.12. The van der Waals surface area contributed by atoms with E-state index >= 15 is 0 Å². The highest BCUT2D eigenvalue weighted by molar-refractivity contribution is 8.68. The van der Waals surface area contributed by atoms with Gasteiger partial charge in [0, 0.05) is 25.3 Å². The lowest BCUT2D eigenvalue weighted by molar-refractivity contribution is -0.121. The molecule has 0 aromatic heterocycles. The first-order valence-electron chi connectivity index (χ1n) is 3.54. The standard InChI is InChI=1S/C6H14N2OS2/c7-3-4-8-6(9)2-1-5-11-10/h10H,1-5,7H2,(H,8,9). The number of thiol groups is 1. The fourth-order valence-electron chi connectivity index (χ4n) is 0.597. The Morgan fingerprint density at radius 2 is 2.36 bits per heavy atom. The molecular weight excluding hydrogens is 180 g/mol. The molecule has 11 heavy (non-hydrogen) atoms. The van der Waals surface area contributed by atoms with Gasteiger partial charge in [-0.1, -0.05) is 10.8 Å². The Hall–Kier alpha value is 0.130. The quantitative estimate of drug-likeness (QED) is 0.326. The summed E-state index contributed by atoms with van der Waals surface area (Å²) in [5.74, 6) is 0.997. The summed E-state index contributed by atoms with van der Waals surface area (Å²) in [6, 6.07) is 0. The van der Waals surface area contributed by atoms with Crippen molar-refractivity contribution >= 4 is 28.4 Å². The van der Waals surface area contributed by atoms with Crippen LogP contribution in [0.2, 0.25) is 0 Å². The Balaban J connectivity index is 3.09. The van der Waals surface area contributed by atoms with Gasteiger partial charge in [-0.15, -0.1) is 11.7 Å². The molecule has 0 atom stereocenters. The van der Waals surface area contributed by atoms with E-state index in [9.17, 15) is 4.79 Å². The maximum atomic E-state index is 10.9. The lowest BCUT2D eigenvalue weighted by Crippen LogP contribution is -2.28. The molecule has 0 fully saturated rings. The van der Waals surface area contributed by atoms with Gasteiger partial charge in [-0.25, -0.2) is 0 Å². The number of nitrogens with one attached hydrogen (secondary N) is 1. The highest BCUT2D eigenvalue weighted by Crippen LogP contribution is 2.07. The van der Waals surface area contributed by atoms with Crippen molar-refractivity contribution in [1.29, 1.82) is 0 Å². The Bertz CT molecular complexity index is 111. The van der Waals surface area contributed by atoms with Gasteiger partial charge in [0.25, 0.3) is 0 Å². The molecule has 0 aliphatic carbocycles. The SMILES string of the molecule is NCCNC(=O)CCCSS. The summed E-state index contributed by atoms with van der Waals surface area (Å²) in [6.45, 7) is 1.08. The maximum absolute atomic E-state index is 10.9. The highest BCUT2D eigenvalue weighted by atomic mass is 33.1. The predicted octanol–water partition coefficient (Wildman–Crippen LogP) is 0.419. The summed E-state index contributed by atoms with van der Waals surface area (Å²) < 4.78 is 0. The molecule has 3 nitrogen and oxygen atoms in total. The number of amides is 1. The van der Waals surface area contributed by atoms with Gasteiger partial charge < -0.3 is 11.1 Å². The third kappa shape index (κ3) is 8.03. The van der Waals surface area contributed by atoms with Gasteiger partial charge in [0.15, 0.2) is 0 Å². The number of carbonyl (C=O) groups is 1. The van der Waals surface area contributed by atoms with Crippen molar-refractivity contribution in [1.82, 2.24) is 5.32 Å². The number of rotatable bonds is 6. The maximum Gasteiger partial charge on any atom is 0.220 e. The Labute approximate surface area is 76.3 Å². The molecule has 0 heterocycles. The second-order valence-electron chi connectivity index (χ2n) is 2.08. The molecular formula is C6H14N2OS2. The van der Waals surface area contributed by atoms with E-state index in [1.54, 1.807) is 0 Å². The summed E-state index contributed by atoms with van der Waals surface area (Å²) >= 11 is 3.96. The zero-order valence-corrected chi connectivity index (χ0v) is 8.09. The van der Waals surface area contributed by atoms with Crippen molar-refractivity contribution in [2.75, 3.05) is 18.8 Å². The smallest absolute Gasteiger partial charge is 0.220 e. The van der Waals surface area contributed by atoms with E-state index in [2.05, 4.69) is 17.0 Å². The van der Waals surface area contributed by atoms with Crippen molar-refractivity contribution in [3.05, 3.63) is 0 Å². The summed E-state index contributed by atoms with van der Waals surface area (Å²) in [5.41, 5.74) is 5.20. The number of hydrogen-bond acceptors (Lipinski definition) is 4. The minimum atomic E-state index is 0.0813. The summed E-state index contributed by atoms with van der Waals surface area (Å²) in [5, 5.41) is 2.69. The van der Waals surface area contributed by atoms with Crippen LogP contribution in [-0.2, 0) is 4.79 Å². The molecule has 0 spiro atoms. The van der Waals surface area contributed by atoms with Crippen LogP contribution < -0.4 is 11.1 Å². The van der Waals surface area contributed by atoms with Crippen LogP contribution in [0.3, 0.4) is 0 Å². The van der Waals surface area contributed by atoms with Crippen LogP contribution >= 0.6 is 22.5 Å². The normalized spacial score (nSPS) is 9.64. The summed E-state index contributed by atoms with van der Waals surface area (Å²) in [4.78, 5) is 10.9. The van der Waals surface area contributed by atoms with E-state index in [1.807, 2.05) is 0 Å². The van der Waals surface area contributed by atoms with Crippen LogP contribution in [0.15, 0.2) is 0 Å². The fraction of sp³-hybridized carbons (Fsp3) is 0.833. The second-order valence-corrected chi connectivity index (χ2v) is 3.52. The molecule has 0 unspecified atom stereocenters. The first kappa shape index (κ1) is 11.1. The van der Waals surface area contributed by atoms with E-state index in [0.29, 0.717) is 19.5 Å². The fourth-order valence-corrected chi connectivity index (χ4v) is 1.26. The Kier molecular flexibility index (Phi) is 8.33. The van der Waals surface area contributed by atoms with Crippen molar-refractivity contribution in [2.45, 2.75) is 12.8 Å².